The minimum Gasteiger partial charge on any atom is -0.391 e. The number of aliphatic hydroxyl groups excluding tert-OH is 1. The summed E-state index contributed by atoms with van der Waals surface area (Å²) in [6, 6.07) is 5.32. The van der Waals surface area contributed by atoms with E-state index in [0.29, 0.717) is 12.3 Å². The predicted molar refractivity (Wildman–Crippen MR) is 81.4 cm³/mol. The zero-order valence-corrected chi connectivity index (χ0v) is 13.1. The highest BCUT2D eigenvalue weighted by molar-refractivity contribution is 9.10. The van der Waals surface area contributed by atoms with E-state index in [0.717, 1.165) is 15.7 Å². The molecule has 0 spiro atoms. The van der Waals surface area contributed by atoms with Gasteiger partial charge in [-0.15, -0.1) is 0 Å². The summed E-state index contributed by atoms with van der Waals surface area (Å²) in [6.45, 7) is 6.26. The molecule has 1 atom stereocenters. The van der Waals surface area contributed by atoms with Crippen molar-refractivity contribution in [3.63, 3.8) is 0 Å². The first-order chi connectivity index (χ1) is 8.90. The maximum Gasteiger partial charge on any atom is 0.319 e. The van der Waals surface area contributed by atoms with Crippen LogP contribution in [0.1, 0.15) is 25.8 Å². The number of nitrogens with one attached hydrogen (secondary N) is 2. The Hall–Kier alpha value is -1.07. The van der Waals surface area contributed by atoms with Crippen LogP contribution in [0.5, 0.6) is 0 Å². The zero-order chi connectivity index (χ0) is 14.4. The molecule has 0 radical (unpaired) electrons. The summed E-state index contributed by atoms with van der Waals surface area (Å²) in [5.41, 5.74) is 1.73. The van der Waals surface area contributed by atoms with E-state index in [1.54, 1.807) is 0 Å². The second kappa shape index (κ2) is 7.50. The lowest BCUT2D eigenvalue weighted by atomic mass is 10.1. The lowest BCUT2D eigenvalue weighted by Gasteiger charge is -2.15. The van der Waals surface area contributed by atoms with Gasteiger partial charge in [0, 0.05) is 16.7 Å². The van der Waals surface area contributed by atoms with E-state index in [2.05, 4.69) is 26.6 Å². The van der Waals surface area contributed by atoms with Crippen LogP contribution in [0, 0.1) is 12.8 Å². The first kappa shape index (κ1) is 16.0. The van der Waals surface area contributed by atoms with E-state index in [-0.39, 0.29) is 12.6 Å². The van der Waals surface area contributed by atoms with Gasteiger partial charge in [-0.2, -0.15) is 0 Å². The summed E-state index contributed by atoms with van der Waals surface area (Å²) in [6.07, 6.45) is 0.172. The molecule has 1 rings (SSSR count). The van der Waals surface area contributed by atoms with Crippen LogP contribution in [0.25, 0.3) is 0 Å². The van der Waals surface area contributed by atoms with Crippen LogP contribution >= 0.6 is 15.9 Å². The maximum atomic E-state index is 11.7. The SMILES string of the molecule is Cc1c(Br)cccc1NC(=O)NCC(O)CC(C)C. The van der Waals surface area contributed by atoms with E-state index in [1.807, 2.05) is 39.0 Å². The second-order valence-electron chi connectivity index (χ2n) is 5.03. The molecule has 3 N–H and O–H groups in total. The number of benzene rings is 1. The average Bonchev–Trinajstić information content (AvgIpc) is 2.32. The molecule has 106 valence electrons. The minimum atomic E-state index is -0.505. The Morgan fingerprint density at radius 1 is 1.42 bits per heavy atom. The molecule has 1 unspecified atom stereocenters. The summed E-state index contributed by atoms with van der Waals surface area (Å²) in [7, 11) is 0. The highest BCUT2D eigenvalue weighted by atomic mass is 79.9. The molecule has 0 aliphatic heterocycles. The monoisotopic (exact) mass is 328 g/mol. The van der Waals surface area contributed by atoms with E-state index in [9.17, 15) is 9.90 Å². The van der Waals surface area contributed by atoms with Crippen molar-refractivity contribution < 1.29 is 9.90 Å². The topological polar surface area (TPSA) is 61.4 Å². The van der Waals surface area contributed by atoms with Gasteiger partial charge in [0.25, 0.3) is 0 Å². The van der Waals surface area contributed by atoms with Crippen molar-refractivity contribution in [2.45, 2.75) is 33.3 Å². The van der Waals surface area contributed by atoms with Gasteiger partial charge in [-0.05, 0) is 37.0 Å². The number of hydrogen-bond acceptors (Lipinski definition) is 2. The van der Waals surface area contributed by atoms with Gasteiger partial charge in [-0.3, -0.25) is 0 Å². The third-order valence-electron chi connectivity index (χ3n) is 2.76. The van der Waals surface area contributed by atoms with Crippen LogP contribution in [0.2, 0.25) is 0 Å². The van der Waals surface area contributed by atoms with E-state index >= 15 is 0 Å². The summed E-state index contributed by atoms with van der Waals surface area (Å²) in [5, 5.41) is 15.1. The maximum absolute atomic E-state index is 11.7. The summed E-state index contributed by atoms with van der Waals surface area (Å²) in [4.78, 5) is 11.7. The number of aliphatic hydroxyl groups is 1. The fourth-order valence-electron chi connectivity index (χ4n) is 1.75. The minimum absolute atomic E-state index is 0.261. The van der Waals surface area contributed by atoms with Gasteiger partial charge in [-0.25, -0.2) is 4.79 Å². The Balaban J connectivity index is 2.45. The van der Waals surface area contributed by atoms with Gasteiger partial charge in [0.1, 0.15) is 0 Å². The lowest BCUT2D eigenvalue weighted by molar-refractivity contribution is 0.148. The van der Waals surface area contributed by atoms with Crippen LogP contribution < -0.4 is 10.6 Å². The number of hydrogen-bond donors (Lipinski definition) is 3. The van der Waals surface area contributed by atoms with E-state index in [1.165, 1.54) is 0 Å². The van der Waals surface area contributed by atoms with Crippen molar-refractivity contribution in [2.75, 3.05) is 11.9 Å². The third-order valence-corrected chi connectivity index (χ3v) is 3.62. The number of anilines is 1. The molecular weight excluding hydrogens is 308 g/mol. The van der Waals surface area contributed by atoms with Gasteiger partial charge in [0.15, 0.2) is 0 Å². The molecule has 0 aliphatic carbocycles. The van der Waals surface area contributed by atoms with Crippen molar-refractivity contribution >= 4 is 27.6 Å². The first-order valence-electron chi connectivity index (χ1n) is 6.38. The van der Waals surface area contributed by atoms with E-state index in [4.69, 9.17) is 0 Å². The predicted octanol–water partition coefficient (Wildman–Crippen LogP) is 3.29. The lowest BCUT2D eigenvalue weighted by Crippen LogP contribution is -2.35. The van der Waals surface area contributed by atoms with Gasteiger partial charge < -0.3 is 15.7 Å². The molecule has 1 aromatic rings. The van der Waals surface area contributed by atoms with Crippen LogP contribution in [0.15, 0.2) is 22.7 Å². The Kier molecular flexibility index (Phi) is 6.31. The highest BCUT2D eigenvalue weighted by Gasteiger charge is 2.10. The number of carbonyl (C=O) groups is 1. The number of amides is 2. The van der Waals surface area contributed by atoms with Crippen LogP contribution in [0.3, 0.4) is 0 Å². The second-order valence-corrected chi connectivity index (χ2v) is 5.89. The molecular formula is C14H21BrN2O2. The Labute approximate surface area is 122 Å². The summed E-state index contributed by atoms with van der Waals surface area (Å²) < 4.78 is 0.949. The van der Waals surface area contributed by atoms with Gasteiger partial charge >= 0.3 is 6.03 Å². The van der Waals surface area contributed by atoms with E-state index < -0.39 is 6.10 Å². The van der Waals surface area contributed by atoms with Gasteiger partial charge in [0.2, 0.25) is 0 Å². The van der Waals surface area contributed by atoms with Crippen molar-refractivity contribution in [1.82, 2.24) is 5.32 Å². The molecule has 4 nitrogen and oxygen atoms in total. The standard InChI is InChI=1S/C14H21BrN2O2/c1-9(2)7-11(18)8-16-14(19)17-13-6-4-5-12(15)10(13)3/h4-6,9,11,18H,7-8H2,1-3H3,(H2,16,17,19). The Morgan fingerprint density at radius 3 is 2.74 bits per heavy atom. The number of urea groups is 1. The molecule has 0 bridgehead atoms. The number of halogens is 1. The van der Waals surface area contributed by atoms with Gasteiger partial charge in [0.05, 0.1) is 6.10 Å². The van der Waals surface area contributed by atoms with Crippen molar-refractivity contribution in [3.05, 3.63) is 28.2 Å². The van der Waals surface area contributed by atoms with Crippen LogP contribution in [-0.2, 0) is 0 Å². The third kappa shape index (κ3) is 5.61. The normalized spacial score (nSPS) is 12.3. The molecule has 1 aromatic carbocycles. The average molecular weight is 329 g/mol. The first-order valence-corrected chi connectivity index (χ1v) is 7.17. The Bertz CT molecular complexity index is 435. The molecule has 0 fully saturated rings. The molecule has 5 heteroatoms. The zero-order valence-electron chi connectivity index (χ0n) is 11.5. The number of rotatable bonds is 5. The van der Waals surface area contributed by atoms with Crippen molar-refractivity contribution in [1.29, 1.82) is 0 Å². The molecule has 0 saturated heterocycles. The number of carbonyl (C=O) groups excluding carboxylic acids is 1. The fraction of sp³-hybridized carbons (Fsp3) is 0.500. The van der Waals surface area contributed by atoms with Gasteiger partial charge in [-0.1, -0.05) is 35.8 Å². The molecule has 19 heavy (non-hydrogen) atoms. The molecule has 0 aliphatic rings. The fourth-order valence-corrected chi connectivity index (χ4v) is 2.11. The molecule has 0 saturated carbocycles. The van der Waals surface area contributed by atoms with Crippen molar-refractivity contribution in [2.24, 2.45) is 5.92 Å². The smallest absolute Gasteiger partial charge is 0.319 e. The quantitative estimate of drug-likeness (QED) is 0.776. The molecule has 2 amide bonds. The van der Waals surface area contributed by atoms with Crippen LogP contribution in [0.4, 0.5) is 10.5 Å². The largest absolute Gasteiger partial charge is 0.391 e. The molecule has 0 aromatic heterocycles. The van der Waals surface area contributed by atoms with Crippen molar-refractivity contribution in [3.8, 4) is 0 Å². The summed E-state index contributed by atoms with van der Waals surface area (Å²) >= 11 is 3.41. The van der Waals surface area contributed by atoms with Crippen LogP contribution in [-0.4, -0.2) is 23.8 Å². The summed E-state index contributed by atoms with van der Waals surface area (Å²) in [5.74, 6) is 0.409. The molecule has 0 heterocycles. The highest BCUT2D eigenvalue weighted by Crippen LogP contribution is 2.23. The Morgan fingerprint density at radius 2 is 2.11 bits per heavy atom.